The van der Waals surface area contributed by atoms with Gasteiger partial charge in [0.25, 0.3) is 0 Å². The minimum Gasteiger partial charge on any atom is -0.493 e. The van der Waals surface area contributed by atoms with Gasteiger partial charge in [-0.15, -0.1) is 11.3 Å². The molecule has 2 N–H and O–H groups in total. The monoisotopic (exact) mass is 462 g/mol. The molecular weight excluding hydrogens is 440 g/mol. The molecule has 0 saturated heterocycles. The second-order valence-corrected chi connectivity index (χ2v) is 8.75. The summed E-state index contributed by atoms with van der Waals surface area (Å²) in [5.41, 5.74) is 1.51. The van der Waals surface area contributed by atoms with Crippen LogP contribution in [0.2, 0.25) is 0 Å². The number of nitrogens with two attached hydrogens (primary N) is 1. The average molecular weight is 463 g/mol. The van der Waals surface area contributed by atoms with Crippen LogP contribution in [0.25, 0.3) is 10.6 Å². The first-order valence-corrected chi connectivity index (χ1v) is 11.9. The van der Waals surface area contributed by atoms with Gasteiger partial charge in [0.2, 0.25) is 10.0 Å². The molecule has 3 rings (SSSR count). The number of nitrogens with zero attached hydrogens (tertiary/aromatic N) is 1. The summed E-state index contributed by atoms with van der Waals surface area (Å²) in [7, 11) is -3.74. The highest BCUT2D eigenvalue weighted by atomic mass is 32.2. The number of rotatable bonds is 10. The molecule has 0 fully saturated rings. The Hall–Kier alpha value is -2.95. The molecule has 31 heavy (non-hydrogen) atoms. The second-order valence-electron chi connectivity index (χ2n) is 6.34. The molecule has 0 bridgehead atoms. The number of esters is 1. The first-order chi connectivity index (χ1) is 14.9. The van der Waals surface area contributed by atoms with E-state index < -0.39 is 16.0 Å². The number of para-hydroxylation sites is 1. The summed E-state index contributed by atoms with van der Waals surface area (Å²) >= 11 is 1.44. The molecule has 3 aromatic rings. The Bertz CT molecular complexity index is 1130. The van der Waals surface area contributed by atoms with Crippen molar-refractivity contribution < 1.29 is 27.4 Å². The van der Waals surface area contributed by atoms with Crippen LogP contribution in [0, 0.1) is 0 Å². The van der Waals surface area contributed by atoms with Crippen LogP contribution >= 0.6 is 11.3 Å². The Morgan fingerprint density at radius 2 is 1.81 bits per heavy atom. The number of hydrogen-bond donors (Lipinski definition) is 1. The molecule has 164 valence electrons. The van der Waals surface area contributed by atoms with Gasteiger partial charge in [-0.1, -0.05) is 12.1 Å². The normalized spacial score (nSPS) is 11.2. The Labute approximate surface area is 184 Å². The van der Waals surface area contributed by atoms with Crippen molar-refractivity contribution in [1.29, 1.82) is 0 Å². The Morgan fingerprint density at radius 3 is 2.52 bits per heavy atom. The van der Waals surface area contributed by atoms with Crippen molar-refractivity contribution >= 4 is 27.3 Å². The van der Waals surface area contributed by atoms with E-state index in [1.807, 2.05) is 36.6 Å². The molecule has 0 radical (unpaired) electrons. The highest BCUT2D eigenvalue weighted by molar-refractivity contribution is 7.89. The zero-order chi connectivity index (χ0) is 22.3. The third-order valence-electron chi connectivity index (χ3n) is 4.06. The molecule has 0 aliphatic rings. The lowest BCUT2D eigenvalue weighted by Crippen LogP contribution is -2.14. The summed E-state index contributed by atoms with van der Waals surface area (Å²) < 4.78 is 38.7. The Balaban J connectivity index is 1.47. The number of primary sulfonamides is 1. The van der Waals surface area contributed by atoms with E-state index in [2.05, 4.69) is 4.98 Å². The first kappa shape index (κ1) is 22.7. The smallest absolute Gasteiger partial charge is 0.312 e. The van der Waals surface area contributed by atoms with Crippen LogP contribution in [0.15, 0.2) is 58.8 Å². The summed E-state index contributed by atoms with van der Waals surface area (Å²) in [5.74, 6) is 0.784. The molecule has 10 heteroatoms. The largest absolute Gasteiger partial charge is 0.493 e. The number of sulfonamides is 1. The van der Waals surface area contributed by atoms with Gasteiger partial charge in [-0.2, -0.15) is 0 Å². The van der Waals surface area contributed by atoms with Gasteiger partial charge in [-0.3, -0.25) is 4.79 Å². The van der Waals surface area contributed by atoms with Gasteiger partial charge in [-0.25, -0.2) is 18.5 Å². The van der Waals surface area contributed by atoms with Gasteiger partial charge in [0, 0.05) is 5.38 Å². The van der Waals surface area contributed by atoms with Crippen molar-refractivity contribution in [3.05, 3.63) is 59.6 Å². The van der Waals surface area contributed by atoms with Crippen molar-refractivity contribution in [1.82, 2.24) is 4.98 Å². The van der Waals surface area contributed by atoms with Gasteiger partial charge in [-0.05, 0) is 43.3 Å². The molecule has 0 aliphatic carbocycles. The maximum Gasteiger partial charge on any atom is 0.312 e. The maximum absolute atomic E-state index is 12.1. The lowest BCUT2D eigenvalue weighted by molar-refractivity contribution is -0.143. The van der Waals surface area contributed by atoms with Crippen LogP contribution in [0.1, 0.15) is 12.6 Å². The van der Waals surface area contributed by atoms with Gasteiger partial charge >= 0.3 is 5.97 Å². The molecular formula is C21H22N2O6S2. The third kappa shape index (κ3) is 6.51. The minimum atomic E-state index is -3.74. The maximum atomic E-state index is 12.1. The number of aromatic nitrogens is 1. The van der Waals surface area contributed by atoms with Crippen LogP contribution in [0.3, 0.4) is 0 Å². The standard InChI is InChI=1S/C21H22N2O6S2/c1-2-27-19-6-4-3-5-18(19)21-23-15(14-30-21)13-20(24)29-12-11-28-16-7-9-17(10-8-16)31(22,25)26/h3-10,14H,2,11-13H2,1H3,(H2,22,25,26). The summed E-state index contributed by atoms with van der Waals surface area (Å²) in [5, 5.41) is 7.64. The van der Waals surface area contributed by atoms with Crippen LogP contribution in [0.5, 0.6) is 11.5 Å². The van der Waals surface area contributed by atoms with E-state index in [4.69, 9.17) is 19.3 Å². The number of ether oxygens (including phenoxy) is 3. The van der Waals surface area contributed by atoms with Crippen molar-refractivity contribution in [2.24, 2.45) is 5.14 Å². The van der Waals surface area contributed by atoms with Gasteiger partial charge < -0.3 is 14.2 Å². The fourth-order valence-corrected chi connectivity index (χ4v) is 4.04. The predicted octanol–water partition coefficient (Wildman–Crippen LogP) is 3.02. The fourth-order valence-electron chi connectivity index (χ4n) is 2.68. The summed E-state index contributed by atoms with van der Waals surface area (Å²) in [6.07, 6.45) is 0.0519. The topological polar surface area (TPSA) is 118 Å². The lowest BCUT2D eigenvalue weighted by Gasteiger charge is -2.08. The molecule has 1 aromatic heterocycles. The minimum absolute atomic E-state index is 0.00205. The summed E-state index contributed by atoms with van der Waals surface area (Å²) in [6.45, 7) is 2.66. The van der Waals surface area contributed by atoms with Crippen LogP contribution in [0.4, 0.5) is 0 Å². The Kier molecular flexibility index (Phi) is 7.61. The van der Waals surface area contributed by atoms with Crippen molar-refractivity contribution in [3.63, 3.8) is 0 Å². The average Bonchev–Trinajstić information content (AvgIpc) is 3.20. The van der Waals surface area contributed by atoms with Crippen LogP contribution < -0.4 is 14.6 Å². The molecule has 0 unspecified atom stereocenters. The van der Waals surface area contributed by atoms with Crippen molar-refractivity contribution in [3.8, 4) is 22.1 Å². The molecule has 0 saturated carbocycles. The second kappa shape index (κ2) is 10.4. The predicted molar refractivity (Wildman–Crippen MR) is 117 cm³/mol. The SMILES string of the molecule is CCOc1ccccc1-c1nc(CC(=O)OCCOc2ccc(S(N)(=O)=O)cc2)cs1. The molecule has 8 nitrogen and oxygen atoms in total. The molecule has 0 amide bonds. The zero-order valence-corrected chi connectivity index (χ0v) is 18.4. The molecule has 2 aromatic carbocycles. The highest BCUT2D eigenvalue weighted by Gasteiger charge is 2.13. The summed E-state index contributed by atoms with van der Waals surface area (Å²) in [4.78, 5) is 16.6. The number of thiazole rings is 1. The number of carbonyl (C=O) groups excluding carboxylic acids is 1. The summed E-state index contributed by atoms with van der Waals surface area (Å²) in [6, 6.07) is 13.3. The van der Waals surface area contributed by atoms with Crippen molar-refractivity contribution in [2.75, 3.05) is 19.8 Å². The van der Waals surface area contributed by atoms with E-state index in [0.717, 1.165) is 16.3 Å². The number of hydrogen-bond acceptors (Lipinski definition) is 8. The van der Waals surface area contributed by atoms with Crippen LogP contribution in [-0.4, -0.2) is 39.2 Å². The van der Waals surface area contributed by atoms with E-state index in [-0.39, 0.29) is 24.5 Å². The van der Waals surface area contributed by atoms with E-state index in [9.17, 15) is 13.2 Å². The third-order valence-corrected chi connectivity index (χ3v) is 5.92. The highest BCUT2D eigenvalue weighted by Crippen LogP contribution is 2.32. The van der Waals surface area contributed by atoms with E-state index >= 15 is 0 Å². The van der Waals surface area contributed by atoms with E-state index in [1.165, 1.54) is 35.6 Å². The van der Waals surface area contributed by atoms with E-state index in [1.54, 1.807) is 0 Å². The van der Waals surface area contributed by atoms with Gasteiger partial charge in [0.1, 0.15) is 29.7 Å². The van der Waals surface area contributed by atoms with Gasteiger partial charge in [0.05, 0.1) is 29.2 Å². The molecule has 1 heterocycles. The quantitative estimate of drug-likeness (QED) is 0.363. The van der Waals surface area contributed by atoms with Gasteiger partial charge in [0.15, 0.2) is 0 Å². The molecule has 0 aliphatic heterocycles. The lowest BCUT2D eigenvalue weighted by atomic mass is 10.2. The Morgan fingerprint density at radius 1 is 1.06 bits per heavy atom. The number of benzene rings is 2. The molecule has 0 spiro atoms. The fraction of sp³-hybridized carbons (Fsp3) is 0.238. The van der Waals surface area contributed by atoms with E-state index in [0.29, 0.717) is 18.1 Å². The first-order valence-electron chi connectivity index (χ1n) is 9.44. The number of carbonyl (C=O) groups is 1. The zero-order valence-electron chi connectivity index (χ0n) is 16.8. The van der Waals surface area contributed by atoms with Crippen molar-refractivity contribution in [2.45, 2.75) is 18.2 Å². The van der Waals surface area contributed by atoms with Crippen LogP contribution in [-0.2, 0) is 26.0 Å². The molecule has 0 atom stereocenters.